The van der Waals surface area contributed by atoms with Crippen molar-refractivity contribution in [2.75, 3.05) is 38.7 Å². The molecule has 0 spiro atoms. The summed E-state index contributed by atoms with van der Waals surface area (Å²) < 4.78 is 18.1. The highest BCUT2D eigenvalue weighted by molar-refractivity contribution is 6.04. The third-order valence-corrected chi connectivity index (χ3v) is 5.22. The molecule has 0 saturated carbocycles. The van der Waals surface area contributed by atoms with E-state index >= 15 is 0 Å². The number of carbonyl (C=O) groups excluding carboxylic acids is 2. The topological polar surface area (TPSA) is 70.7 Å². The predicted octanol–water partition coefficient (Wildman–Crippen LogP) is 3.05. The number of hydrogen-bond donors (Lipinski definition) is 2. The van der Waals surface area contributed by atoms with Crippen LogP contribution < -0.4 is 10.6 Å². The molecule has 7 heteroatoms. The molecule has 1 unspecified atom stereocenters. The summed E-state index contributed by atoms with van der Waals surface area (Å²) in [4.78, 5) is 27.5. The van der Waals surface area contributed by atoms with E-state index in [0.717, 1.165) is 24.9 Å². The number of anilines is 1. The number of halogens is 1. The Kier molecular flexibility index (Phi) is 7.93. The molecule has 0 bridgehead atoms. The fraction of sp³-hybridized carbons (Fsp3) is 0.391. The maximum absolute atomic E-state index is 13.1. The summed E-state index contributed by atoms with van der Waals surface area (Å²) in [5, 5.41) is 5.72. The standard InChI is InChI=1S/C23H28FN3O3/c1-30-14-12-25-23(29)20-6-2-3-7-21(20)26-22(28)18-5-4-13-27(16-18)15-17-8-10-19(24)11-9-17/h2-3,6-11,18H,4-5,12-16H2,1H3,(H,25,29)(H,26,28). The average molecular weight is 413 g/mol. The maximum atomic E-state index is 13.1. The Hall–Kier alpha value is -2.77. The minimum atomic E-state index is -0.250. The molecular weight excluding hydrogens is 385 g/mol. The van der Waals surface area contributed by atoms with Crippen LogP contribution in [0.15, 0.2) is 48.5 Å². The lowest BCUT2D eigenvalue weighted by Gasteiger charge is -2.32. The van der Waals surface area contributed by atoms with Gasteiger partial charge in [0.15, 0.2) is 0 Å². The second-order valence-electron chi connectivity index (χ2n) is 7.48. The molecule has 1 aliphatic rings. The van der Waals surface area contributed by atoms with Crippen LogP contribution >= 0.6 is 0 Å². The second kappa shape index (κ2) is 10.8. The molecule has 6 nitrogen and oxygen atoms in total. The number of nitrogens with zero attached hydrogens (tertiary/aromatic N) is 1. The molecule has 3 rings (SSSR count). The number of methoxy groups -OCH3 is 1. The molecule has 2 aromatic rings. The van der Waals surface area contributed by atoms with Gasteiger partial charge in [0, 0.05) is 26.7 Å². The number of rotatable bonds is 8. The van der Waals surface area contributed by atoms with Gasteiger partial charge in [0.05, 0.1) is 23.8 Å². The van der Waals surface area contributed by atoms with E-state index in [1.54, 1.807) is 43.5 Å². The number of benzene rings is 2. The highest BCUT2D eigenvalue weighted by Crippen LogP contribution is 2.22. The summed E-state index contributed by atoms with van der Waals surface area (Å²) in [7, 11) is 1.57. The highest BCUT2D eigenvalue weighted by Gasteiger charge is 2.26. The Morgan fingerprint density at radius 1 is 1.17 bits per heavy atom. The number of hydrogen-bond acceptors (Lipinski definition) is 4. The summed E-state index contributed by atoms with van der Waals surface area (Å²) in [6.45, 7) is 3.04. The Bertz CT molecular complexity index is 857. The van der Waals surface area contributed by atoms with Gasteiger partial charge in [0.1, 0.15) is 5.82 Å². The first-order valence-corrected chi connectivity index (χ1v) is 10.2. The number of amides is 2. The van der Waals surface area contributed by atoms with Gasteiger partial charge in [-0.15, -0.1) is 0 Å². The van der Waals surface area contributed by atoms with E-state index in [4.69, 9.17) is 4.74 Å². The number of nitrogens with one attached hydrogen (secondary N) is 2. The van der Waals surface area contributed by atoms with Gasteiger partial charge in [0.25, 0.3) is 5.91 Å². The van der Waals surface area contributed by atoms with Gasteiger partial charge >= 0.3 is 0 Å². The van der Waals surface area contributed by atoms with E-state index in [9.17, 15) is 14.0 Å². The lowest BCUT2D eigenvalue weighted by Crippen LogP contribution is -2.40. The number of para-hydroxylation sites is 1. The highest BCUT2D eigenvalue weighted by atomic mass is 19.1. The van der Waals surface area contributed by atoms with Crippen LogP contribution in [0.3, 0.4) is 0 Å². The van der Waals surface area contributed by atoms with E-state index in [1.165, 1.54) is 12.1 Å². The molecular formula is C23H28FN3O3. The van der Waals surface area contributed by atoms with E-state index in [1.807, 2.05) is 0 Å². The van der Waals surface area contributed by atoms with E-state index in [0.29, 0.717) is 37.5 Å². The molecule has 1 aliphatic heterocycles. The first-order valence-electron chi connectivity index (χ1n) is 10.2. The Balaban J connectivity index is 1.60. The van der Waals surface area contributed by atoms with Crippen LogP contribution in [-0.2, 0) is 16.1 Å². The molecule has 2 amide bonds. The molecule has 0 aromatic heterocycles. The summed E-state index contributed by atoms with van der Waals surface area (Å²) in [5.74, 6) is -0.746. The zero-order valence-corrected chi connectivity index (χ0v) is 17.2. The molecule has 2 N–H and O–H groups in total. The summed E-state index contributed by atoms with van der Waals surface area (Å²) >= 11 is 0. The van der Waals surface area contributed by atoms with Gasteiger partial charge in [-0.3, -0.25) is 14.5 Å². The van der Waals surface area contributed by atoms with Gasteiger partial charge < -0.3 is 15.4 Å². The summed E-state index contributed by atoms with van der Waals surface area (Å²) in [6.07, 6.45) is 1.71. The average Bonchev–Trinajstić information content (AvgIpc) is 2.76. The van der Waals surface area contributed by atoms with Crippen molar-refractivity contribution in [3.8, 4) is 0 Å². The SMILES string of the molecule is COCCNC(=O)c1ccccc1NC(=O)C1CCCN(Cc2ccc(F)cc2)C1. The number of likely N-dealkylation sites (tertiary alicyclic amines) is 1. The van der Waals surface area contributed by atoms with E-state index in [2.05, 4.69) is 15.5 Å². The van der Waals surface area contributed by atoms with Crippen LogP contribution in [-0.4, -0.2) is 50.1 Å². The van der Waals surface area contributed by atoms with Crippen molar-refractivity contribution in [2.24, 2.45) is 5.92 Å². The number of carbonyl (C=O) groups is 2. The lowest BCUT2D eigenvalue weighted by molar-refractivity contribution is -0.121. The largest absolute Gasteiger partial charge is 0.383 e. The molecule has 160 valence electrons. The van der Waals surface area contributed by atoms with Crippen molar-refractivity contribution in [1.82, 2.24) is 10.2 Å². The van der Waals surface area contributed by atoms with Gasteiger partial charge in [-0.25, -0.2) is 4.39 Å². The van der Waals surface area contributed by atoms with E-state index < -0.39 is 0 Å². The predicted molar refractivity (Wildman–Crippen MR) is 114 cm³/mol. The Morgan fingerprint density at radius 2 is 1.93 bits per heavy atom. The smallest absolute Gasteiger partial charge is 0.253 e. The van der Waals surface area contributed by atoms with Gasteiger partial charge in [-0.2, -0.15) is 0 Å². The molecule has 1 atom stereocenters. The molecule has 1 fully saturated rings. The molecule has 0 aliphatic carbocycles. The van der Waals surface area contributed by atoms with Gasteiger partial charge in [0.2, 0.25) is 5.91 Å². The van der Waals surface area contributed by atoms with Crippen molar-refractivity contribution in [1.29, 1.82) is 0 Å². The zero-order valence-electron chi connectivity index (χ0n) is 17.2. The Labute approximate surface area is 176 Å². The monoisotopic (exact) mass is 413 g/mol. The van der Waals surface area contributed by atoms with E-state index in [-0.39, 0.29) is 23.5 Å². The lowest BCUT2D eigenvalue weighted by atomic mass is 9.96. The minimum absolute atomic E-state index is 0.0871. The molecule has 1 heterocycles. The Morgan fingerprint density at radius 3 is 2.70 bits per heavy atom. The molecule has 2 aromatic carbocycles. The number of ether oxygens (including phenoxy) is 1. The van der Waals surface area contributed by atoms with Crippen LogP contribution in [0.25, 0.3) is 0 Å². The van der Waals surface area contributed by atoms with Crippen molar-refractivity contribution < 1.29 is 18.7 Å². The van der Waals surface area contributed by atoms with Gasteiger partial charge in [-0.1, -0.05) is 24.3 Å². The summed E-state index contributed by atoms with van der Waals surface area (Å²) in [6, 6.07) is 13.5. The first kappa shape index (κ1) is 21.9. The van der Waals surface area contributed by atoms with Crippen LogP contribution in [0, 0.1) is 11.7 Å². The van der Waals surface area contributed by atoms with Gasteiger partial charge in [-0.05, 0) is 49.2 Å². The van der Waals surface area contributed by atoms with Crippen molar-refractivity contribution in [2.45, 2.75) is 19.4 Å². The molecule has 30 heavy (non-hydrogen) atoms. The van der Waals surface area contributed by atoms with Crippen LogP contribution in [0.1, 0.15) is 28.8 Å². The fourth-order valence-corrected chi connectivity index (χ4v) is 3.65. The first-order chi connectivity index (χ1) is 14.6. The number of piperidine rings is 1. The van der Waals surface area contributed by atoms with Crippen molar-refractivity contribution >= 4 is 17.5 Å². The zero-order chi connectivity index (χ0) is 21.3. The van der Waals surface area contributed by atoms with Crippen molar-refractivity contribution in [3.63, 3.8) is 0 Å². The molecule has 1 saturated heterocycles. The minimum Gasteiger partial charge on any atom is -0.383 e. The summed E-state index contributed by atoms with van der Waals surface area (Å²) in [5.41, 5.74) is 1.96. The maximum Gasteiger partial charge on any atom is 0.253 e. The quantitative estimate of drug-likeness (QED) is 0.653. The third kappa shape index (κ3) is 6.11. The van der Waals surface area contributed by atoms with Crippen LogP contribution in [0.4, 0.5) is 10.1 Å². The third-order valence-electron chi connectivity index (χ3n) is 5.22. The van der Waals surface area contributed by atoms with Crippen molar-refractivity contribution in [3.05, 3.63) is 65.5 Å². The second-order valence-corrected chi connectivity index (χ2v) is 7.48. The van der Waals surface area contributed by atoms with Crippen LogP contribution in [0.5, 0.6) is 0 Å². The fourth-order valence-electron chi connectivity index (χ4n) is 3.65. The normalized spacial score (nSPS) is 16.8. The molecule has 0 radical (unpaired) electrons. The van der Waals surface area contributed by atoms with Crippen LogP contribution in [0.2, 0.25) is 0 Å².